The first-order valence-electron chi connectivity index (χ1n) is 6.84. The largest absolute Gasteiger partial charge is 0.496 e. The van der Waals surface area contributed by atoms with Gasteiger partial charge in [0.1, 0.15) is 17.6 Å². The molecule has 1 unspecified atom stereocenters. The van der Waals surface area contributed by atoms with Gasteiger partial charge in [-0.1, -0.05) is 0 Å². The average Bonchev–Trinajstić information content (AvgIpc) is 2.82. The van der Waals surface area contributed by atoms with Crippen molar-refractivity contribution in [3.05, 3.63) is 23.3 Å². The van der Waals surface area contributed by atoms with Crippen molar-refractivity contribution in [2.24, 2.45) is 0 Å². The van der Waals surface area contributed by atoms with Gasteiger partial charge in [0.05, 0.1) is 25.9 Å². The van der Waals surface area contributed by atoms with E-state index in [-0.39, 0.29) is 19.3 Å². The number of hydrogen-bond donors (Lipinski definition) is 3. The highest BCUT2D eigenvalue weighted by atomic mass is 16.5. The predicted octanol–water partition coefficient (Wildman–Crippen LogP) is 0.851. The molecule has 3 N–H and O–H groups in total. The van der Waals surface area contributed by atoms with Crippen LogP contribution in [0.15, 0.2) is 12.1 Å². The lowest BCUT2D eigenvalue weighted by molar-refractivity contribution is 0.103. The molecule has 0 saturated carbocycles. The summed E-state index contributed by atoms with van der Waals surface area (Å²) in [6.45, 7) is 4.03. The van der Waals surface area contributed by atoms with Gasteiger partial charge in [0.25, 0.3) is 0 Å². The zero-order valence-corrected chi connectivity index (χ0v) is 12.3. The van der Waals surface area contributed by atoms with Crippen molar-refractivity contribution in [1.82, 2.24) is 5.32 Å². The monoisotopic (exact) mass is 281 g/mol. The topological polar surface area (TPSA) is 71.0 Å². The highest BCUT2D eigenvalue weighted by Crippen LogP contribution is 2.35. The summed E-state index contributed by atoms with van der Waals surface area (Å²) >= 11 is 0. The Morgan fingerprint density at radius 1 is 1.40 bits per heavy atom. The zero-order chi connectivity index (χ0) is 14.8. The third kappa shape index (κ3) is 3.06. The molecule has 0 aliphatic carbocycles. The number of aliphatic hydroxyl groups excluding tert-OH is 2. The van der Waals surface area contributed by atoms with Crippen molar-refractivity contribution in [2.75, 3.05) is 20.3 Å². The summed E-state index contributed by atoms with van der Waals surface area (Å²) in [5.74, 6) is 1.69. The van der Waals surface area contributed by atoms with Crippen molar-refractivity contribution in [1.29, 1.82) is 0 Å². The normalized spacial score (nSPS) is 17.8. The first-order valence-corrected chi connectivity index (χ1v) is 6.84. The molecule has 0 saturated heterocycles. The van der Waals surface area contributed by atoms with Crippen LogP contribution >= 0.6 is 0 Å². The second-order valence-corrected chi connectivity index (χ2v) is 5.63. The van der Waals surface area contributed by atoms with Crippen molar-refractivity contribution in [2.45, 2.75) is 38.5 Å². The van der Waals surface area contributed by atoms with Gasteiger partial charge in [-0.15, -0.1) is 0 Å². The van der Waals surface area contributed by atoms with Gasteiger partial charge in [0.15, 0.2) is 0 Å². The SMILES string of the molecule is COc1cc2c(cc1CNC(C)(CO)CO)OC(C)C2. The number of benzene rings is 1. The van der Waals surface area contributed by atoms with Gasteiger partial charge >= 0.3 is 0 Å². The number of fused-ring (bicyclic) bond motifs is 1. The fourth-order valence-electron chi connectivity index (χ4n) is 2.28. The summed E-state index contributed by atoms with van der Waals surface area (Å²) in [6.07, 6.45) is 1.09. The molecular formula is C15H23NO4. The number of nitrogens with one attached hydrogen (secondary N) is 1. The molecule has 0 bridgehead atoms. The second kappa shape index (κ2) is 5.99. The third-order valence-corrected chi connectivity index (χ3v) is 3.70. The van der Waals surface area contributed by atoms with Crippen molar-refractivity contribution < 1.29 is 19.7 Å². The van der Waals surface area contributed by atoms with Gasteiger partial charge in [-0.25, -0.2) is 0 Å². The Balaban J connectivity index is 2.18. The Kier molecular flexibility index (Phi) is 4.52. The minimum absolute atomic E-state index is 0.135. The summed E-state index contributed by atoms with van der Waals surface area (Å²) < 4.78 is 11.2. The average molecular weight is 281 g/mol. The molecule has 0 amide bonds. The van der Waals surface area contributed by atoms with Crippen LogP contribution in [-0.4, -0.2) is 42.2 Å². The number of methoxy groups -OCH3 is 1. The van der Waals surface area contributed by atoms with Gasteiger partial charge in [-0.2, -0.15) is 0 Å². The van der Waals surface area contributed by atoms with Crippen LogP contribution in [0.2, 0.25) is 0 Å². The van der Waals surface area contributed by atoms with Gasteiger partial charge < -0.3 is 25.0 Å². The highest BCUT2D eigenvalue weighted by Gasteiger charge is 2.24. The molecule has 1 aliphatic heterocycles. The smallest absolute Gasteiger partial charge is 0.123 e. The minimum atomic E-state index is -0.710. The molecule has 2 rings (SSSR count). The van der Waals surface area contributed by atoms with Crippen LogP contribution in [0.5, 0.6) is 11.5 Å². The second-order valence-electron chi connectivity index (χ2n) is 5.63. The lowest BCUT2D eigenvalue weighted by Crippen LogP contribution is -2.48. The quantitative estimate of drug-likeness (QED) is 0.721. The summed E-state index contributed by atoms with van der Waals surface area (Å²) in [5, 5.41) is 21.8. The molecule has 5 heteroatoms. The van der Waals surface area contributed by atoms with Gasteiger partial charge in [0, 0.05) is 24.1 Å². The maximum atomic E-state index is 9.30. The number of ether oxygens (including phenoxy) is 2. The van der Waals surface area contributed by atoms with E-state index >= 15 is 0 Å². The molecular weight excluding hydrogens is 258 g/mol. The molecule has 0 radical (unpaired) electrons. The van der Waals surface area contributed by atoms with Crippen molar-refractivity contribution >= 4 is 0 Å². The van der Waals surface area contributed by atoms with Crippen LogP contribution < -0.4 is 14.8 Å². The fraction of sp³-hybridized carbons (Fsp3) is 0.600. The summed E-state index contributed by atoms with van der Waals surface area (Å²) in [7, 11) is 1.64. The standard InChI is InChI=1S/C15H23NO4/c1-10-4-11-5-13(19-3)12(6-14(11)20-10)7-16-15(2,8-17)9-18/h5-6,10,16-18H,4,7-9H2,1-3H3. The summed E-state index contributed by atoms with van der Waals surface area (Å²) in [4.78, 5) is 0. The molecule has 1 atom stereocenters. The Labute approximate surface area is 119 Å². The number of rotatable bonds is 6. The van der Waals surface area contributed by atoms with Crippen LogP contribution in [0.25, 0.3) is 0 Å². The first kappa shape index (κ1) is 15.1. The molecule has 0 fully saturated rings. The Bertz CT molecular complexity index is 471. The van der Waals surface area contributed by atoms with Crippen LogP contribution in [0, 0.1) is 0 Å². The molecule has 20 heavy (non-hydrogen) atoms. The molecule has 1 aliphatic rings. The first-order chi connectivity index (χ1) is 9.51. The Morgan fingerprint density at radius 3 is 2.70 bits per heavy atom. The molecule has 5 nitrogen and oxygen atoms in total. The molecule has 0 aromatic heterocycles. The Morgan fingerprint density at radius 2 is 2.10 bits per heavy atom. The van der Waals surface area contributed by atoms with E-state index < -0.39 is 5.54 Å². The fourth-order valence-corrected chi connectivity index (χ4v) is 2.28. The van der Waals surface area contributed by atoms with E-state index in [1.54, 1.807) is 14.0 Å². The molecule has 112 valence electrons. The Hall–Kier alpha value is -1.30. The summed E-state index contributed by atoms with van der Waals surface area (Å²) in [5.41, 5.74) is 1.40. The van der Waals surface area contributed by atoms with E-state index in [1.165, 1.54) is 0 Å². The third-order valence-electron chi connectivity index (χ3n) is 3.70. The van der Waals surface area contributed by atoms with Crippen LogP contribution in [0.4, 0.5) is 0 Å². The van der Waals surface area contributed by atoms with E-state index in [1.807, 2.05) is 19.1 Å². The highest BCUT2D eigenvalue weighted by molar-refractivity contribution is 5.48. The van der Waals surface area contributed by atoms with E-state index in [4.69, 9.17) is 9.47 Å². The lowest BCUT2D eigenvalue weighted by atomic mass is 10.0. The maximum Gasteiger partial charge on any atom is 0.123 e. The predicted molar refractivity (Wildman–Crippen MR) is 76.2 cm³/mol. The van der Waals surface area contributed by atoms with E-state index in [0.717, 1.165) is 29.0 Å². The van der Waals surface area contributed by atoms with E-state index in [0.29, 0.717) is 6.54 Å². The molecule has 1 aromatic carbocycles. The zero-order valence-electron chi connectivity index (χ0n) is 12.3. The number of aliphatic hydroxyl groups is 2. The van der Waals surface area contributed by atoms with Gasteiger partial charge in [-0.3, -0.25) is 0 Å². The van der Waals surface area contributed by atoms with Crippen molar-refractivity contribution in [3.63, 3.8) is 0 Å². The van der Waals surface area contributed by atoms with Crippen LogP contribution in [0.3, 0.4) is 0 Å². The van der Waals surface area contributed by atoms with Crippen molar-refractivity contribution in [3.8, 4) is 11.5 Å². The van der Waals surface area contributed by atoms with E-state index in [9.17, 15) is 10.2 Å². The lowest BCUT2D eigenvalue weighted by Gasteiger charge is -2.26. The molecule has 1 aromatic rings. The van der Waals surface area contributed by atoms with E-state index in [2.05, 4.69) is 5.32 Å². The van der Waals surface area contributed by atoms with Crippen LogP contribution in [0.1, 0.15) is 25.0 Å². The minimum Gasteiger partial charge on any atom is -0.496 e. The van der Waals surface area contributed by atoms with Gasteiger partial charge in [-0.05, 0) is 26.0 Å². The molecule has 0 spiro atoms. The maximum absolute atomic E-state index is 9.30. The van der Waals surface area contributed by atoms with Gasteiger partial charge in [0.2, 0.25) is 0 Å². The number of hydrogen-bond acceptors (Lipinski definition) is 5. The van der Waals surface area contributed by atoms with Crippen LogP contribution in [-0.2, 0) is 13.0 Å². The molecule has 1 heterocycles. The summed E-state index contributed by atoms with van der Waals surface area (Å²) in [6, 6.07) is 3.98.